The average Bonchev–Trinajstić information content (AvgIpc) is 2.17. The SMILES string of the molecule is C[C@@H](O)CN(O)C(=O)c1ccccc1. The first-order valence-corrected chi connectivity index (χ1v) is 4.35. The van der Waals surface area contributed by atoms with Crippen LogP contribution >= 0.6 is 0 Å². The Morgan fingerprint density at radius 1 is 1.43 bits per heavy atom. The zero-order chi connectivity index (χ0) is 10.6. The Morgan fingerprint density at radius 2 is 2.00 bits per heavy atom. The molecule has 2 N–H and O–H groups in total. The number of carbonyl (C=O) groups excluding carboxylic acids is 1. The summed E-state index contributed by atoms with van der Waals surface area (Å²) in [5.41, 5.74) is 0.399. The molecule has 0 saturated heterocycles. The highest BCUT2D eigenvalue weighted by molar-refractivity contribution is 5.93. The molecule has 1 aromatic carbocycles. The van der Waals surface area contributed by atoms with Crippen molar-refractivity contribution in [2.24, 2.45) is 0 Å². The third-order valence-corrected chi connectivity index (χ3v) is 1.69. The van der Waals surface area contributed by atoms with E-state index in [0.717, 1.165) is 0 Å². The zero-order valence-electron chi connectivity index (χ0n) is 7.92. The number of hydrogen-bond donors (Lipinski definition) is 2. The van der Waals surface area contributed by atoms with Crippen LogP contribution in [-0.2, 0) is 0 Å². The van der Waals surface area contributed by atoms with Crippen molar-refractivity contribution in [1.82, 2.24) is 5.06 Å². The number of aliphatic hydroxyl groups excluding tert-OH is 1. The van der Waals surface area contributed by atoms with E-state index in [9.17, 15) is 10.0 Å². The lowest BCUT2D eigenvalue weighted by atomic mass is 10.2. The smallest absolute Gasteiger partial charge is 0.277 e. The first kappa shape index (κ1) is 10.7. The predicted molar refractivity (Wildman–Crippen MR) is 50.9 cm³/mol. The van der Waals surface area contributed by atoms with Crippen LogP contribution in [0.25, 0.3) is 0 Å². The van der Waals surface area contributed by atoms with Crippen molar-refractivity contribution in [2.45, 2.75) is 13.0 Å². The molecule has 0 bridgehead atoms. The van der Waals surface area contributed by atoms with Gasteiger partial charge in [-0.1, -0.05) is 18.2 Å². The van der Waals surface area contributed by atoms with Gasteiger partial charge in [0.25, 0.3) is 5.91 Å². The summed E-state index contributed by atoms with van der Waals surface area (Å²) in [6.07, 6.45) is -0.743. The van der Waals surface area contributed by atoms with Crippen molar-refractivity contribution < 1.29 is 15.1 Å². The number of nitrogens with zero attached hydrogens (tertiary/aromatic N) is 1. The molecule has 1 amide bonds. The molecule has 0 saturated carbocycles. The van der Waals surface area contributed by atoms with E-state index in [1.165, 1.54) is 6.92 Å². The molecule has 0 unspecified atom stereocenters. The summed E-state index contributed by atoms with van der Waals surface area (Å²) in [7, 11) is 0. The fraction of sp³-hybridized carbons (Fsp3) is 0.300. The predicted octanol–water partition coefficient (Wildman–Crippen LogP) is 0.899. The van der Waals surface area contributed by atoms with E-state index in [4.69, 9.17) is 5.11 Å². The number of hydroxylamine groups is 2. The maximum atomic E-state index is 11.4. The van der Waals surface area contributed by atoms with Crippen molar-refractivity contribution >= 4 is 5.91 Å². The Hall–Kier alpha value is -1.39. The van der Waals surface area contributed by atoms with Crippen LogP contribution in [0.15, 0.2) is 30.3 Å². The Balaban J connectivity index is 2.66. The summed E-state index contributed by atoms with van der Waals surface area (Å²) in [5, 5.41) is 18.7. The molecule has 0 aliphatic rings. The maximum Gasteiger partial charge on any atom is 0.277 e. The van der Waals surface area contributed by atoms with Crippen LogP contribution in [0.1, 0.15) is 17.3 Å². The van der Waals surface area contributed by atoms with Crippen LogP contribution in [0, 0.1) is 0 Å². The summed E-state index contributed by atoms with van der Waals surface area (Å²) in [4.78, 5) is 11.4. The standard InChI is InChI=1S/C10H13NO3/c1-8(12)7-11(14)10(13)9-5-3-2-4-6-9/h2-6,8,12,14H,7H2,1H3/t8-/m1/s1. The minimum absolute atomic E-state index is 0.0896. The number of aliphatic hydroxyl groups is 1. The van der Waals surface area contributed by atoms with Crippen molar-refractivity contribution in [3.63, 3.8) is 0 Å². The lowest BCUT2D eigenvalue weighted by Gasteiger charge is -2.16. The fourth-order valence-corrected chi connectivity index (χ4v) is 1.06. The molecule has 0 aliphatic carbocycles. The van der Waals surface area contributed by atoms with Gasteiger partial charge in [0.05, 0.1) is 12.6 Å². The number of amides is 1. The molecule has 0 heterocycles. The van der Waals surface area contributed by atoms with E-state index in [0.29, 0.717) is 10.6 Å². The molecule has 0 aromatic heterocycles. The summed E-state index contributed by atoms with van der Waals surface area (Å²) in [6, 6.07) is 8.42. The Labute approximate surface area is 82.4 Å². The van der Waals surface area contributed by atoms with Gasteiger partial charge in [0.1, 0.15) is 0 Å². The van der Waals surface area contributed by atoms with E-state index >= 15 is 0 Å². The van der Waals surface area contributed by atoms with Gasteiger partial charge in [0.2, 0.25) is 0 Å². The molecule has 1 rings (SSSR count). The number of carbonyl (C=O) groups is 1. The van der Waals surface area contributed by atoms with Crippen LogP contribution < -0.4 is 0 Å². The van der Waals surface area contributed by atoms with E-state index < -0.39 is 12.0 Å². The number of benzene rings is 1. The molecule has 1 aromatic rings. The molecule has 0 spiro atoms. The van der Waals surface area contributed by atoms with Gasteiger partial charge in [0, 0.05) is 5.56 Å². The average molecular weight is 195 g/mol. The lowest BCUT2D eigenvalue weighted by molar-refractivity contribution is -0.0768. The fourth-order valence-electron chi connectivity index (χ4n) is 1.06. The summed E-state index contributed by atoms with van der Waals surface area (Å²) < 4.78 is 0. The second-order valence-electron chi connectivity index (χ2n) is 3.10. The van der Waals surface area contributed by atoms with Crippen LogP contribution in [0.5, 0.6) is 0 Å². The van der Waals surface area contributed by atoms with Gasteiger partial charge in [-0.25, -0.2) is 5.06 Å². The van der Waals surface area contributed by atoms with Gasteiger partial charge >= 0.3 is 0 Å². The van der Waals surface area contributed by atoms with Crippen molar-refractivity contribution in [1.29, 1.82) is 0 Å². The molecule has 1 atom stereocenters. The zero-order valence-corrected chi connectivity index (χ0v) is 7.92. The van der Waals surface area contributed by atoms with Crippen LogP contribution in [0.4, 0.5) is 0 Å². The van der Waals surface area contributed by atoms with Gasteiger partial charge < -0.3 is 5.11 Å². The maximum absolute atomic E-state index is 11.4. The molecule has 0 radical (unpaired) electrons. The quantitative estimate of drug-likeness (QED) is 0.556. The third kappa shape index (κ3) is 2.83. The number of rotatable bonds is 3. The van der Waals surface area contributed by atoms with Crippen molar-refractivity contribution in [3.8, 4) is 0 Å². The summed E-state index contributed by atoms with van der Waals surface area (Å²) in [6.45, 7) is 1.41. The Bertz CT molecular complexity index is 297. The number of hydrogen-bond acceptors (Lipinski definition) is 3. The topological polar surface area (TPSA) is 60.8 Å². The van der Waals surface area contributed by atoms with Gasteiger partial charge in [-0.3, -0.25) is 10.0 Å². The molecule has 0 aliphatic heterocycles. The van der Waals surface area contributed by atoms with E-state index in [-0.39, 0.29) is 6.54 Å². The highest BCUT2D eigenvalue weighted by atomic mass is 16.5. The molecule has 0 fully saturated rings. The largest absolute Gasteiger partial charge is 0.391 e. The summed E-state index contributed by atoms with van der Waals surface area (Å²) >= 11 is 0. The lowest BCUT2D eigenvalue weighted by Crippen LogP contribution is -2.33. The molecule has 76 valence electrons. The minimum Gasteiger partial charge on any atom is -0.391 e. The Kier molecular flexibility index (Phi) is 3.62. The van der Waals surface area contributed by atoms with Gasteiger partial charge in [0.15, 0.2) is 0 Å². The molecular weight excluding hydrogens is 182 g/mol. The second kappa shape index (κ2) is 4.74. The highest BCUT2D eigenvalue weighted by Gasteiger charge is 2.14. The van der Waals surface area contributed by atoms with Gasteiger partial charge in [-0.15, -0.1) is 0 Å². The normalized spacial score (nSPS) is 12.2. The highest BCUT2D eigenvalue weighted by Crippen LogP contribution is 2.03. The van der Waals surface area contributed by atoms with Crippen molar-refractivity contribution in [3.05, 3.63) is 35.9 Å². The van der Waals surface area contributed by atoms with Crippen LogP contribution in [0.2, 0.25) is 0 Å². The molecular formula is C10H13NO3. The molecule has 4 heteroatoms. The van der Waals surface area contributed by atoms with Gasteiger partial charge in [-0.2, -0.15) is 0 Å². The Morgan fingerprint density at radius 3 is 2.50 bits per heavy atom. The van der Waals surface area contributed by atoms with Gasteiger partial charge in [-0.05, 0) is 19.1 Å². The van der Waals surface area contributed by atoms with E-state index in [1.807, 2.05) is 0 Å². The van der Waals surface area contributed by atoms with E-state index in [1.54, 1.807) is 30.3 Å². The van der Waals surface area contributed by atoms with Crippen LogP contribution in [0.3, 0.4) is 0 Å². The third-order valence-electron chi connectivity index (χ3n) is 1.69. The van der Waals surface area contributed by atoms with E-state index in [2.05, 4.69) is 0 Å². The second-order valence-corrected chi connectivity index (χ2v) is 3.10. The monoisotopic (exact) mass is 195 g/mol. The first-order chi connectivity index (χ1) is 6.61. The molecule has 14 heavy (non-hydrogen) atoms. The van der Waals surface area contributed by atoms with Crippen LogP contribution in [-0.4, -0.2) is 33.9 Å². The minimum atomic E-state index is -0.743. The first-order valence-electron chi connectivity index (χ1n) is 4.35. The summed E-state index contributed by atoms with van der Waals surface area (Å²) in [5.74, 6) is -0.508. The van der Waals surface area contributed by atoms with Crippen molar-refractivity contribution in [2.75, 3.05) is 6.54 Å². The molecule has 4 nitrogen and oxygen atoms in total.